The van der Waals surface area contributed by atoms with E-state index < -0.39 is 11.6 Å². The average Bonchev–Trinajstić information content (AvgIpc) is 2.54. The number of carbonyl (C=O) groups excluding carboxylic acids is 1. The average molecular weight is 304 g/mol. The third kappa shape index (κ3) is 4.62. The molecule has 5 heteroatoms. The van der Waals surface area contributed by atoms with Crippen LogP contribution < -0.4 is 5.32 Å². The molecule has 0 aliphatic heterocycles. The number of hydrogen-bond acceptors (Lipinski definition) is 2. The molecule has 1 aromatic carbocycles. The monoisotopic (exact) mass is 304 g/mol. The van der Waals surface area contributed by atoms with E-state index in [-0.39, 0.29) is 11.8 Å². The van der Waals surface area contributed by atoms with Gasteiger partial charge in [0.15, 0.2) is 11.6 Å². The number of nitrogens with zero attached hydrogens (tertiary/aromatic N) is 1. The highest BCUT2D eigenvalue weighted by molar-refractivity contribution is 5.76. The van der Waals surface area contributed by atoms with Crippen molar-refractivity contribution in [1.82, 2.24) is 10.3 Å². The predicted octanol–water partition coefficient (Wildman–Crippen LogP) is 3.21. The Balaban J connectivity index is 1.79. The Morgan fingerprint density at radius 1 is 1.23 bits per heavy atom. The Morgan fingerprint density at radius 3 is 2.73 bits per heavy atom. The Kier molecular flexibility index (Phi) is 5.58. The minimum atomic E-state index is -0.870. The summed E-state index contributed by atoms with van der Waals surface area (Å²) in [6, 6.07) is 9.38. The van der Waals surface area contributed by atoms with Gasteiger partial charge >= 0.3 is 0 Å². The SMILES string of the molecule is C[C@@H](CNC(=O)CCc1ccccn1)c1ccc(F)c(F)c1. The maximum Gasteiger partial charge on any atom is 0.220 e. The normalized spacial score (nSPS) is 12.0. The molecule has 0 saturated heterocycles. The van der Waals surface area contributed by atoms with Crippen LogP contribution >= 0.6 is 0 Å². The second-order valence-electron chi connectivity index (χ2n) is 5.20. The van der Waals surface area contributed by atoms with E-state index in [1.807, 2.05) is 25.1 Å². The largest absolute Gasteiger partial charge is 0.355 e. The molecule has 22 heavy (non-hydrogen) atoms. The molecule has 1 aromatic heterocycles. The van der Waals surface area contributed by atoms with Crippen molar-refractivity contribution in [2.75, 3.05) is 6.54 Å². The highest BCUT2D eigenvalue weighted by atomic mass is 19.2. The number of benzene rings is 1. The Bertz CT molecular complexity index is 632. The lowest BCUT2D eigenvalue weighted by Gasteiger charge is -2.13. The number of halogens is 2. The number of aryl methyl sites for hydroxylation is 1. The summed E-state index contributed by atoms with van der Waals surface area (Å²) in [6.07, 6.45) is 2.62. The van der Waals surface area contributed by atoms with Gasteiger partial charge in [-0.25, -0.2) is 8.78 Å². The maximum atomic E-state index is 13.2. The molecule has 0 bridgehead atoms. The molecule has 0 spiro atoms. The van der Waals surface area contributed by atoms with Crippen LogP contribution in [0, 0.1) is 11.6 Å². The lowest BCUT2D eigenvalue weighted by molar-refractivity contribution is -0.121. The minimum Gasteiger partial charge on any atom is -0.355 e. The minimum absolute atomic E-state index is 0.0833. The Labute approximate surface area is 128 Å². The molecule has 1 N–H and O–H groups in total. The van der Waals surface area contributed by atoms with Crippen LogP contribution in [-0.4, -0.2) is 17.4 Å². The van der Waals surface area contributed by atoms with E-state index in [4.69, 9.17) is 0 Å². The first-order valence-electron chi connectivity index (χ1n) is 7.18. The highest BCUT2D eigenvalue weighted by Gasteiger charge is 2.11. The van der Waals surface area contributed by atoms with Gasteiger partial charge in [0.25, 0.3) is 0 Å². The van der Waals surface area contributed by atoms with Crippen LogP contribution in [0.4, 0.5) is 8.78 Å². The number of rotatable bonds is 6. The van der Waals surface area contributed by atoms with E-state index in [0.29, 0.717) is 24.9 Å². The Hall–Kier alpha value is -2.30. The number of carbonyl (C=O) groups is 1. The van der Waals surface area contributed by atoms with Crippen LogP contribution in [0.25, 0.3) is 0 Å². The third-order valence-corrected chi connectivity index (χ3v) is 3.45. The van der Waals surface area contributed by atoms with Crippen molar-refractivity contribution in [3.63, 3.8) is 0 Å². The van der Waals surface area contributed by atoms with Gasteiger partial charge in [0, 0.05) is 24.9 Å². The first-order valence-corrected chi connectivity index (χ1v) is 7.18. The van der Waals surface area contributed by atoms with Gasteiger partial charge in [0.2, 0.25) is 5.91 Å². The number of nitrogens with one attached hydrogen (secondary N) is 1. The van der Waals surface area contributed by atoms with E-state index in [9.17, 15) is 13.6 Å². The van der Waals surface area contributed by atoms with Gasteiger partial charge in [-0.15, -0.1) is 0 Å². The first kappa shape index (κ1) is 16.1. The highest BCUT2D eigenvalue weighted by Crippen LogP contribution is 2.17. The molecular weight excluding hydrogens is 286 g/mol. The van der Waals surface area contributed by atoms with Gasteiger partial charge in [0.05, 0.1) is 0 Å². The van der Waals surface area contributed by atoms with Crippen molar-refractivity contribution in [3.05, 3.63) is 65.5 Å². The zero-order valence-corrected chi connectivity index (χ0v) is 12.4. The van der Waals surface area contributed by atoms with Crippen LogP contribution in [0.3, 0.4) is 0 Å². The van der Waals surface area contributed by atoms with Gasteiger partial charge in [-0.3, -0.25) is 9.78 Å². The summed E-state index contributed by atoms with van der Waals surface area (Å²) >= 11 is 0. The standard InChI is InChI=1S/C17H18F2N2O/c1-12(13-5-7-15(18)16(19)10-13)11-21-17(22)8-6-14-4-2-3-9-20-14/h2-5,7,9-10,12H,6,8,11H2,1H3,(H,21,22)/t12-/m0/s1. The molecule has 0 aliphatic rings. The topological polar surface area (TPSA) is 42.0 Å². The second kappa shape index (κ2) is 7.64. The van der Waals surface area contributed by atoms with E-state index in [1.165, 1.54) is 12.1 Å². The number of aromatic nitrogens is 1. The predicted molar refractivity (Wildman–Crippen MR) is 80.3 cm³/mol. The van der Waals surface area contributed by atoms with Gasteiger partial charge < -0.3 is 5.32 Å². The van der Waals surface area contributed by atoms with Crippen molar-refractivity contribution in [2.45, 2.75) is 25.7 Å². The van der Waals surface area contributed by atoms with Crippen LogP contribution in [0.2, 0.25) is 0 Å². The zero-order chi connectivity index (χ0) is 15.9. The summed E-state index contributed by atoms with van der Waals surface area (Å²) in [4.78, 5) is 16.0. The molecule has 2 aromatic rings. The van der Waals surface area contributed by atoms with Crippen molar-refractivity contribution in [2.24, 2.45) is 0 Å². The number of amides is 1. The number of pyridine rings is 1. The Morgan fingerprint density at radius 2 is 2.05 bits per heavy atom. The van der Waals surface area contributed by atoms with Crippen molar-refractivity contribution in [1.29, 1.82) is 0 Å². The molecule has 3 nitrogen and oxygen atoms in total. The lowest BCUT2D eigenvalue weighted by Crippen LogP contribution is -2.27. The van der Waals surface area contributed by atoms with E-state index >= 15 is 0 Å². The fourth-order valence-electron chi connectivity index (χ4n) is 2.08. The van der Waals surface area contributed by atoms with Crippen molar-refractivity contribution < 1.29 is 13.6 Å². The van der Waals surface area contributed by atoms with Crippen molar-refractivity contribution in [3.8, 4) is 0 Å². The molecule has 0 radical (unpaired) electrons. The molecule has 0 fully saturated rings. The van der Waals surface area contributed by atoms with E-state index in [1.54, 1.807) is 6.20 Å². The third-order valence-electron chi connectivity index (χ3n) is 3.45. The molecule has 2 rings (SSSR count). The van der Waals surface area contributed by atoms with Gasteiger partial charge in [-0.05, 0) is 42.2 Å². The molecule has 0 aliphatic carbocycles. The van der Waals surface area contributed by atoms with Crippen LogP contribution in [0.5, 0.6) is 0 Å². The lowest BCUT2D eigenvalue weighted by atomic mass is 10.0. The molecule has 1 amide bonds. The van der Waals surface area contributed by atoms with E-state index in [0.717, 1.165) is 11.8 Å². The molecule has 116 valence electrons. The van der Waals surface area contributed by atoms with Crippen LogP contribution in [0.15, 0.2) is 42.6 Å². The molecule has 1 heterocycles. The summed E-state index contributed by atoms with van der Waals surface area (Å²) in [5.74, 6) is -1.91. The van der Waals surface area contributed by atoms with Gasteiger partial charge in [-0.1, -0.05) is 19.1 Å². The quantitative estimate of drug-likeness (QED) is 0.890. The second-order valence-corrected chi connectivity index (χ2v) is 5.20. The van der Waals surface area contributed by atoms with Crippen molar-refractivity contribution >= 4 is 5.91 Å². The van der Waals surface area contributed by atoms with E-state index in [2.05, 4.69) is 10.3 Å². The fraction of sp³-hybridized carbons (Fsp3) is 0.294. The van der Waals surface area contributed by atoms with Gasteiger partial charge in [-0.2, -0.15) is 0 Å². The molecular formula is C17H18F2N2O. The smallest absolute Gasteiger partial charge is 0.220 e. The molecule has 0 saturated carbocycles. The van der Waals surface area contributed by atoms with Crippen LogP contribution in [0.1, 0.15) is 30.5 Å². The molecule has 0 unspecified atom stereocenters. The maximum absolute atomic E-state index is 13.2. The molecule has 1 atom stereocenters. The summed E-state index contributed by atoms with van der Waals surface area (Å²) in [7, 11) is 0. The fourth-order valence-corrected chi connectivity index (χ4v) is 2.08. The summed E-state index contributed by atoms with van der Waals surface area (Å²) < 4.78 is 26.1. The zero-order valence-electron chi connectivity index (χ0n) is 12.4. The van der Waals surface area contributed by atoms with Crippen LogP contribution in [-0.2, 0) is 11.2 Å². The summed E-state index contributed by atoms with van der Waals surface area (Å²) in [6.45, 7) is 2.23. The van der Waals surface area contributed by atoms with Gasteiger partial charge in [0.1, 0.15) is 0 Å². The summed E-state index contributed by atoms with van der Waals surface area (Å²) in [5.41, 5.74) is 1.52. The summed E-state index contributed by atoms with van der Waals surface area (Å²) in [5, 5.41) is 2.80. The number of hydrogen-bond donors (Lipinski definition) is 1. The first-order chi connectivity index (χ1) is 10.6.